The third kappa shape index (κ3) is 4.88. The van der Waals surface area contributed by atoms with Crippen molar-refractivity contribution in [2.45, 2.75) is 0 Å². The average molecular weight is 398 g/mol. The average Bonchev–Trinajstić information content (AvgIpc) is 3.11. The zero-order valence-corrected chi connectivity index (χ0v) is 17.0. The van der Waals surface area contributed by atoms with E-state index in [4.69, 9.17) is 4.74 Å². The number of nitrogens with zero attached hydrogens (tertiary/aromatic N) is 2. The van der Waals surface area contributed by atoms with Gasteiger partial charge in [-0.3, -0.25) is 9.59 Å². The Balaban J connectivity index is 1.66. The van der Waals surface area contributed by atoms with Crippen molar-refractivity contribution in [2.24, 2.45) is 0 Å². The van der Waals surface area contributed by atoms with Crippen molar-refractivity contribution in [3.8, 4) is 5.75 Å². The second kappa shape index (κ2) is 8.86. The van der Waals surface area contributed by atoms with Crippen molar-refractivity contribution in [1.29, 1.82) is 0 Å². The van der Waals surface area contributed by atoms with Crippen LogP contribution < -0.4 is 15.0 Å². The first-order chi connectivity index (χ1) is 13.4. The number of fused-ring (bicyclic) bond motifs is 1. The van der Waals surface area contributed by atoms with E-state index in [9.17, 15) is 9.59 Å². The first-order valence-electron chi connectivity index (χ1n) is 8.91. The van der Waals surface area contributed by atoms with E-state index in [2.05, 4.69) is 5.32 Å². The molecule has 0 fully saturated rings. The normalized spacial score (nSPS) is 15.2. The van der Waals surface area contributed by atoms with E-state index in [-0.39, 0.29) is 17.6 Å². The van der Waals surface area contributed by atoms with Crippen LogP contribution in [0.25, 0.3) is 12.2 Å². The Kier molecular flexibility index (Phi) is 6.28. The zero-order valence-electron chi connectivity index (χ0n) is 16.1. The summed E-state index contributed by atoms with van der Waals surface area (Å²) in [6, 6.07) is 11.2. The number of carbonyl (C=O) groups is 2. The summed E-state index contributed by atoms with van der Waals surface area (Å²) in [5.74, 6) is 0.616. The van der Waals surface area contributed by atoms with Gasteiger partial charge in [0.05, 0.1) is 5.69 Å². The van der Waals surface area contributed by atoms with Gasteiger partial charge in [0.25, 0.3) is 5.91 Å². The van der Waals surface area contributed by atoms with Crippen LogP contribution >= 0.6 is 11.3 Å². The van der Waals surface area contributed by atoms with Crippen LogP contribution in [0.1, 0.15) is 9.75 Å². The number of hydrogen-bond acceptors (Lipinski definition) is 5. The van der Waals surface area contributed by atoms with Crippen molar-refractivity contribution in [3.05, 3.63) is 58.0 Å². The highest BCUT2D eigenvalue weighted by molar-refractivity contribution is 7.13. The first kappa shape index (κ1) is 19.9. The summed E-state index contributed by atoms with van der Waals surface area (Å²) < 4.78 is 5.78. The van der Waals surface area contributed by atoms with Gasteiger partial charge in [-0.05, 0) is 44.4 Å². The molecule has 2 amide bonds. The van der Waals surface area contributed by atoms with Gasteiger partial charge in [-0.15, -0.1) is 11.3 Å². The standard InChI is InChI=1S/C21H23N3O3S/c1-23(2)13-12-22-20(25)11-10-15-8-9-16(28-15)14-19-21(26)24(3)17-6-4-5-7-18(17)27-19/h4-11,14H,12-13H2,1-3H3,(H,22,25)/b11-10+,19-14-. The minimum atomic E-state index is -0.190. The Labute approximate surface area is 168 Å². The fraction of sp³-hybridized carbons (Fsp3) is 0.238. The smallest absolute Gasteiger partial charge is 0.293 e. The molecule has 0 saturated carbocycles. The Morgan fingerprint density at radius 2 is 1.96 bits per heavy atom. The van der Waals surface area contributed by atoms with Gasteiger partial charge in [0.1, 0.15) is 0 Å². The van der Waals surface area contributed by atoms with Crippen LogP contribution in [0.5, 0.6) is 5.75 Å². The van der Waals surface area contributed by atoms with Crippen molar-refractivity contribution < 1.29 is 14.3 Å². The second-order valence-electron chi connectivity index (χ2n) is 6.61. The maximum absolute atomic E-state index is 12.5. The molecule has 146 valence electrons. The van der Waals surface area contributed by atoms with Gasteiger partial charge in [0, 0.05) is 42.0 Å². The summed E-state index contributed by atoms with van der Waals surface area (Å²) in [5.41, 5.74) is 0.750. The van der Waals surface area contributed by atoms with Crippen LogP contribution in [0.2, 0.25) is 0 Å². The van der Waals surface area contributed by atoms with Crippen molar-refractivity contribution >= 4 is 41.0 Å². The largest absolute Gasteiger partial charge is 0.449 e. The Hall–Kier alpha value is -2.90. The van der Waals surface area contributed by atoms with Gasteiger partial charge in [-0.2, -0.15) is 0 Å². The fourth-order valence-electron chi connectivity index (χ4n) is 2.63. The minimum Gasteiger partial charge on any atom is -0.449 e. The summed E-state index contributed by atoms with van der Waals surface area (Å²) >= 11 is 1.48. The summed E-state index contributed by atoms with van der Waals surface area (Å²) in [6.45, 7) is 1.40. The zero-order chi connectivity index (χ0) is 20.1. The second-order valence-corrected chi connectivity index (χ2v) is 7.76. The number of amides is 2. The molecule has 0 atom stereocenters. The maximum Gasteiger partial charge on any atom is 0.293 e. The highest BCUT2D eigenvalue weighted by atomic mass is 32.1. The molecule has 0 bridgehead atoms. The molecule has 1 N–H and O–H groups in total. The number of ether oxygens (including phenoxy) is 1. The molecule has 28 heavy (non-hydrogen) atoms. The molecule has 0 saturated heterocycles. The number of benzene rings is 1. The van der Waals surface area contributed by atoms with Gasteiger partial charge in [-0.1, -0.05) is 12.1 Å². The summed E-state index contributed by atoms with van der Waals surface area (Å²) in [4.78, 5) is 29.7. The first-order valence-corrected chi connectivity index (χ1v) is 9.73. The molecular weight excluding hydrogens is 374 g/mol. The van der Waals surface area contributed by atoms with Crippen LogP contribution in [0.3, 0.4) is 0 Å². The van der Waals surface area contributed by atoms with Gasteiger partial charge in [-0.25, -0.2) is 0 Å². The lowest BCUT2D eigenvalue weighted by atomic mass is 10.2. The number of likely N-dealkylation sites (N-methyl/N-ethyl adjacent to an activating group) is 2. The van der Waals surface area contributed by atoms with Crippen LogP contribution in [0.4, 0.5) is 5.69 Å². The van der Waals surface area contributed by atoms with Crippen molar-refractivity contribution in [1.82, 2.24) is 10.2 Å². The Morgan fingerprint density at radius 3 is 2.75 bits per heavy atom. The van der Waals surface area contributed by atoms with E-state index in [0.717, 1.165) is 22.0 Å². The van der Waals surface area contributed by atoms with E-state index in [1.807, 2.05) is 55.4 Å². The molecule has 0 radical (unpaired) electrons. The van der Waals surface area contributed by atoms with Gasteiger partial charge in [0.2, 0.25) is 5.91 Å². The molecule has 2 aromatic rings. The Bertz CT molecular complexity index is 930. The minimum absolute atomic E-state index is 0.126. The number of hydrogen-bond donors (Lipinski definition) is 1. The third-order valence-electron chi connectivity index (χ3n) is 4.14. The van der Waals surface area contributed by atoms with Gasteiger partial charge >= 0.3 is 0 Å². The summed E-state index contributed by atoms with van der Waals surface area (Å²) in [7, 11) is 5.65. The highest BCUT2D eigenvalue weighted by Crippen LogP contribution is 2.35. The lowest BCUT2D eigenvalue weighted by Crippen LogP contribution is -2.33. The highest BCUT2D eigenvalue weighted by Gasteiger charge is 2.27. The van der Waals surface area contributed by atoms with Crippen molar-refractivity contribution in [3.63, 3.8) is 0 Å². The summed E-state index contributed by atoms with van der Waals surface area (Å²) in [5, 5.41) is 2.83. The molecular formula is C21H23N3O3S. The van der Waals surface area contributed by atoms with E-state index >= 15 is 0 Å². The molecule has 1 aliphatic heterocycles. The number of anilines is 1. The van der Waals surface area contributed by atoms with Gasteiger partial charge < -0.3 is 19.9 Å². The summed E-state index contributed by atoms with van der Waals surface area (Å²) in [6.07, 6.45) is 5.02. The van der Waals surface area contributed by atoms with Crippen LogP contribution in [-0.4, -0.2) is 50.9 Å². The van der Waals surface area contributed by atoms with E-state index < -0.39 is 0 Å². The van der Waals surface area contributed by atoms with Crippen LogP contribution in [0, 0.1) is 0 Å². The predicted octanol–water partition coefficient (Wildman–Crippen LogP) is 2.84. The molecule has 0 unspecified atom stereocenters. The Morgan fingerprint density at radius 1 is 1.21 bits per heavy atom. The van der Waals surface area contributed by atoms with E-state index in [1.54, 1.807) is 24.1 Å². The molecule has 1 aromatic heterocycles. The number of rotatable bonds is 6. The molecule has 1 aromatic carbocycles. The predicted molar refractivity (Wildman–Crippen MR) is 113 cm³/mol. The molecule has 7 heteroatoms. The van der Waals surface area contributed by atoms with Crippen LogP contribution in [0.15, 0.2) is 48.2 Å². The SMILES string of the molecule is CN(C)CCNC(=O)/C=C/c1ccc(/C=C2\Oc3ccccc3N(C)C2=O)s1. The number of thiophene rings is 1. The molecule has 0 spiro atoms. The van der Waals surface area contributed by atoms with Crippen LogP contribution in [-0.2, 0) is 9.59 Å². The molecule has 0 aliphatic carbocycles. The number of nitrogens with one attached hydrogen (secondary N) is 1. The quantitative estimate of drug-likeness (QED) is 0.762. The van der Waals surface area contributed by atoms with E-state index in [1.165, 1.54) is 17.4 Å². The van der Waals surface area contributed by atoms with E-state index in [0.29, 0.717) is 12.3 Å². The molecule has 6 nitrogen and oxygen atoms in total. The monoisotopic (exact) mass is 397 g/mol. The lowest BCUT2D eigenvalue weighted by Gasteiger charge is -2.27. The molecule has 1 aliphatic rings. The topological polar surface area (TPSA) is 61.9 Å². The third-order valence-corrected chi connectivity index (χ3v) is 5.14. The molecule has 2 heterocycles. The van der Waals surface area contributed by atoms with Crippen molar-refractivity contribution in [2.75, 3.05) is 39.1 Å². The maximum atomic E-state index is 12.5. The number of para-hydroxylation sites is 2. The number of carbonyl (C=O) groups excluding carboxylic acids is 2. The van der Waals surface area contributed by atoms with Gasteiger partial charge in [0.15, 0.2) is 11.5 Å². The fourth-order valence-corrected chi connectivity index (χ4v) is 3.48. The lowest BCUT2D eigenvalue weighted by molar-refractivity contribution is -0.117. The molecule has 3 rings (SSSR count).